The summed E-state index contributed by atoms with van der Waals surface area (Å²) in [7, 11) is 0. The molecule has 1 aromatic carbocycles. The summed E-state index contributed by atoms with van der Waals surface area (Å²) in [5.74, 6) is -0.150. The van der Waals surface area contributed by atoms with E-state index >= 15 is 0 Å². The van der Waals surface area contributed by atoms with E-state index in [1.54, 1.807) is 13.0 Å². The van der Waals surface area contributed by atoms with E-state index in [0.717, 1.165) is 22.2 Å². The minimum Gasteiger partial charge on any atom is -0.462 e. The fourth-order valence-corrected chi connectivity index (χ4v) is 3.22. The number of nitrogens with two attached hydrogens (primary N) is 1. The van der Waals surface area contributed by atoms with Crippen LogP contribution in [0.4, 0.5) is 5.95 Å². The van der Waals surface area contributed by atoms with Crippen LogP contribution in [0.3, 0.4) is 0 Å². The maximum atomic E-state index is 11.9. The van der Waals surface area contributed by atoms with Crippen LogP contribution in [-0.2, 0) is 4.74 Å². The smallest absolute Gasteiger partial charge is 0.348 e. The molecule has 5 nitrogen and oxygen atoms in total. The molecule has 0 fully saturated rings. The number of nitrogens with zero attached hydrogens (tertiary/aromatic N) is 2. The maximum absolute atomic E-state index is 11.9. The second-order valence-corrected chi connectivity index (χ2v) is 5.83. The van der Waals surface area contributed by atoms with Crippen molar-refractivity contribution in [1.29, 1.82) is 0 Å². The summed E-state index contributed by atoms with van der Waals surface area (Å²) in [4.78, 5) is 21.7. The van der Waals surface area contributed by atoms with Crippen LogP contribution in [0.15, 0.2) is 30.3 Å². The van der Waals surface area contributed by atoms with Crippen molar-refractivity contribution in [3.8, 4) is 11.3 Å². The minimum absolute atomic E-state index is 0.197. The van der Waals surface area contributed by atoms with Crippen LogP contribution in [0, 0.1) is 6.92 Å². The number of aryl methyl sites for hydroxylation is 1. The van der Waals surface area contributed by atoms with Crippen LogP contribution in [-0.4, -0.2) is 22.5 Å². The number of nitrogen functional groups attached to an aromatic ring is 1. The summed E-state index contributed by atoms with van der Waals surface area (Å²) in [5, 5.41) is 0.816. The topological polar surface area (TPSA) is 78.1 Å². The van der Waals surface area contributed by atoms with E-state index in [-0.39, 0.29) is 11.9 Å². The third-order valence-corrected chi connectivity index (χ3v) is 4.30. The van der Waals surface area contributed by atoms with E-state index in [9.17, 15) is 4.79 Å². The van der Waals surface area contributed by atoms with Gasteiger partial charge in [-0.3, -0.25) is 0 Å². The molecule has 3 aromatic rings. The van der Waals surface area contributed by atoms with Gasteiger partial charge in [0.05, 0.1) is 12.3 Å². The summed E-state index contributed by atoms with van der Waals surface area (Å²) in [6.45, 7) is 4.13. The maximum Gasteiger partial charge on any atom is 0.348 e. The highest BCUT2D eigenvalue weighted by molar-refractivity contribution is 7.20. The lowest BCUT2D eigenvalue weighted by molar-refractivity contribution is 0.0532. The molecule has 0 aliphatic carbocycles. The number of fused-ring (bicyclic) bond motifs is 1. The van der Waals surface area contributed by atoms with Crippen LogP contribution in [0.1, 0.15) is 22.2 Å². The van der Waals surface area contributed by atoms with Crippen molar-refractivity contribution >= 4 is 33.5 Å². The van der Waals surface area contributed by atoms with Crippen molar-refractivity contribution in [3.63, 3.8) is 0 Å². The molecule has 0 saturated carbocycles. The number of ether oxygens (including phenoxy) is 1. The fraction of sp³-hybridized carbons (Fsp3) is 0.188. The molecule has 0 aliphatic heterocycles. The number of benzene rings is 1. The van der Waals surface area contributed by atoms with Crippen molar-refractivity contribution in [2.45, 2.75) is 13.8 Å². The average molecular weight is 313 g/mol. The first-order chi connectivity index (χ1) is 10.6. The Morgan fingerprint density at radius 1 is 1.32 bits per heavy atom. The highest BCUT2D eigenvalue weighted by Crippen LogP contribution is 2.34. The summed E-state index contributed by atoms with van der Waals surface area (Å²) in [5.41, 5.74) is 8.64. The highest BCUT2D eigenvalue weighted by Gasteiger charge is 2.17. The predicted molar refractivity (Wildman–Crippen MR) is 88.0 cm³/mol. The van der Waals surface area contributed by atoms with E-state index in [1.165, 1.54) is 11.3 Å². The van der Waals surface area contributed by atoms with Gasteiger partial charge < -0.3 is 10.5 Å². The van der Waals surface area contributed by atoms with Gasteiger partial charge in [-0.05, 0) is 25.5 Å². The third-order valence-electron chi connectivity index (χ3n) is 3.29. The molecule has 22 heavy (non-hydrogen) atoms. The van der Waals surface area contributed by atoms with Crippen LogP contribution in [0.2, 0.25) is 0 Å². The highest BCUT2D eigenvalue weighted by atomic mass is 32.1. The van der Waals surface area contributed by atoms with Crippen LogP contribution in [0.25, 0.3) is 21.5 Å². The largest absolute Gasteiger partial charge is 0.462 e. The summed E-state index contributed by atoms with van der Waals surface area (Å²) in [6, 6.07) is 9.69. The predicted octanol–water partition coefficient (Wildman–Crippen LogP) is 3.43. The number of thiophene rings is 1. The van der Waals surface area contributed by atoms with Gasteiger partial charge in [0.25, 0.3) is 0 Å². The van der Waals surface area contributed by atoms with E-state index in [0.29, 0.717) is 16.3 Å². The number of aromatic nitrogens is 2. The lowest BCUT2D eigenvalue weighted by atomic mass is 10.0. The Labute approximate surface area is 131 Å². The molecule has 6 heteroatoms. The molecule has 0 amide bonds. The van der Waals surface area contributed by atoms with Gasteiger partial charge in [-0.1, -0.05) is 24.3 Å². The molecule has 3 rings (SSSR count). The summed E-state index contributed by atoms with van der Waals surface area (Å²) < 4.78 is 5.05. The minimum atomic E-state index is -0.347. The van der Waals surface area contributed by atoms with E-state index in [2.05, 4.69) is 9.97 Å². The van der Waals surface area contributed by atoms with Gasteiger partial charge in [-0.2, -0.15) is 0 Å². The Kier molecular flexibility index (Phi) is 3.77. The van der Waals surface area contributed by atoms with Gasteiger partial charge >= 0.3 is 5.97 Å². The molecule has 112 valence electrons. The standard InChI is InChI=1S/C16H15N3O2S/c1-3-21-15(20)12-8-11-13(10-7-5-4-6-9(10)2)18-16(17)19-14(11)22-12/h4-8H,3H2,1-2H3,(H2,17,18,19). The quantitative estimate of drug-likeness (QED) is 0.750. The Bertz CT molecular complexity index is 858. The molecule has 0 spiro atoms. The molecule has 0 atom stereocenters. The third kappa shape index (κ3) is 2.53. The molecule has 0 radical (unpaired) electrons. The second kappa shape index (κ2) is 5.73. The van der Waals surface area contributed by atoms with Crippen molar-refractivity contribution in [1.82, 2.24) is 9.97 Å². The Morgan fingerprint density at radius 3 is 2.82 bits per heavy atom. The van der Waals surface area contributed by atoms with E-state index in [4.69, 9.17) is 10.5 Å². The average Bonchev–Trinajstić information content (AvgIpc) is 2.91. The molecule has 2 heterocycles. The Hall–Kier alpha value is -2.47. The molecule has 0 bridgehead atoms. The number of hydrogen-bond donors (Lipinski definition) is 1. The zero-order valence-electron chi connectivity index (χ0n) is 12.3. The van der Waals surface area contributed by atoms with E-state index < -0.39 is 0 Å². The molecule has 2 N–H and O–H groups in total. The zero-order chi connectivity index (χ0) is 15.7. The fourth-order valence-electron chi connectivity index (χ4n) is 2.28. The van der Waals surface area contributed by atoms with Gasteiger partial charge in [-0.25, -0.2) is 14.8 Å². The first-order valence-corrected chi connectivity index (χ1v) is 7.72. The van der Waals surface area contributed by atoms with Crippen LogP contribution >= 0.6 is 11.3 Å². The Morgan fingerprint density at radius 2 is 2.09 bits per heavy atom. The lowest BCUT2D eigenvalue weighted by Crippen LogP contribution is -2.01. The van der Waals surface area contributed by atoms with Crippen molar-refractivity contribution < 1.29 is 9.53 Å². The summed E-state index contributed by atoms with van der Waals surface area (Å²) in [6.07, 6.45) is 0. The molecule has 0 aliphatic rings. The monoisotopic (exact) mass is 313 g/mol. The number of hydrogen-bond acceptors (Lipinski definition) is 6. The molecule has 2 aromatic heterocycles. The molecular formula is C16H15N3O2S. The molecule has 0 unspecified atom stereocenters. The number of rotatable bonds is 3. The van der Waals surface area contributed by atoms with Gasteiger partial charge in [-0.15, -0.1) is 11.3 Å². The van der Waals surface area contributed by atoms with Crippen molar-refractivity contribution in [3.05, 3.63) is 40.8 Å². The zero-order valence-corrected chi connectivity index (χ0v) is 13.1. The molecular weight excluding hydrogens is 298 g/mol. The van der Waals surface area contributed by atoms with Gasteiger partial charge in [0.2, 0.25) is 5.95 Å². The van der Waals surface area contributed by atoms with Gasteiger partial charge in [0.15, 0.2) is 0 Å². The normalized spacial score (nSPS) is 10.8. The first kappa shape index (κ1) is 14.5. The second-order valence-electron chi connectivity index (χ2n) is 4.80. The van der Waals surface area contributed by atoms with Crippen molar-refractivity contribution in [2.24, 2.45) is 0 Å². The van der Waals surface area contributed by atoms with E-state index in [1.807, 2.05) is 31.2 Å². The van der Waals surface area contributed by atoms with Gasteiger partial charge in [0, 0.05) is 10.9 Å². The van der Waals surface area contributed by atoms with Crippen LogP contribution in [0.5, 0.6) is 0 Å². The van der Waals surface area contributed by atoms with Crippen molar-refractivity contribution in [2.75, 3.05) is 12.3 Å². The van der Waals surface area contributed by atoms with Crippen LogP contribution < -0.4 is 5.73 Å². The molecule has 0 saturated heterocycles. The Balaban J connectivity index is 2.22. The first-order valence-electron chi connectivity index (χ1n) is 6.90. The number of anilines is 1. The SMILES string of the molecule is CCOC(=O)c1cc2c(-c3ccccc3C)nc(N)nc2s1. The summed E-state index contributed by atoms with van der Waals surface area (Å²) >= 11 is 1.27. The van der Waals surface area contributed by atoms with Gasteiger partial charge in [0.1, 0.15) is 9.71 Å². The number of carbonyl (C=O) groups is 1. The lowest BCUT2D eigenvalue weighted by Gasteiger charge is -2.06. The number of esters is 1. The number of carbonyl (C=O) groups excluding carboxylic acids is 1.